The molecule has 2 rings (SSSR count). The molecule has 0 aliphatic carbocycles. The topological polar surface area (TPSA) is 47.6 Å². The van der Waals surface area contributed by atoms with E-state index in [9.17, 15) is 4.79 Å². The van der Waals surface area contributed by atoms with Gasteiger partial charge < -0.3 is 14.8 Å². The summed E-state index contributed by atoms with van der Waals surface area (Å²) in [6.45, 7) is 4.73. The quantitative estimate of drug-likeness (QED) is 0.837. The summed E-state index contributed by atoms with van der Waals surface area (Å²) in [6, 6.07) is 5.92. The number of carbonyl (C=O) groups excluding carboxylic acids is 1. The molecule has 0 fully saturated rings. The van der Waals surface area contributed by atoms with Crippen LogP contribution in [-0.2, 0) is 9.47 Å². The van der Waals surface area contributed by atoms with Crippen LogP contribution in [0.4, 0.5) is 5.69 Å². The van der Waals surface area contributed by atoms with Crippen molar-refractivity contribution < 1.29 is 14.3 Å². The molecule has 0 unspecified atom stereocenters. The first-order valence-electron chi connectivity index (χ1n) is 6.26. The van der Waals surface area contributed by atoms with Gasteiger partial charge in [-0.1, -0.05) is 12.1 Å². The number of fused-ring (bicyclic) bond motifs is 1. The third-order valence-corrected chi connectivity index (χ3v) is 3.18. The first-order valence-corrected chi connectivity index (χ1v) is 6.26. The summed E-state index contributed by atoms with van der Waals surface area (Å²) in [5.74, 6) is -0.316. The first-order chi connectivity index (χ1) is 8.67. The lowest BCUT2D eigenvalue weighted by Crippen LogP contribution is -2.28. The maximum Gasteiger partial charge on any atom is 0.339 e. The zero-order chi connectivity index (χ0) is 13.1. The van der Waals surface area contributed by atoms with Crippen LogP contribution in [0.25, 0.3) is 0 Å². The third-order valence-electron chi connectivity index (χ3n) is 3.18. The maximum atomic E-state index is 11.8. The summed E-state index contributed by atoms with van der Waals surface area (Å²) >= 11 is 0. The van der Waals surface area contributed by atoms with Crippen molar-refractivity contribution in [3.63, 3.8) is 0 Å². The highest BCUT2D eigenvalue weighted by molar-refractivity contribution is 5.96. The van der Waals surface area contributed by atoms with Crippen LogP contribution in [0.15, 0.2) is 18.2 Å². The molecule has 0 saturated carbocycles. The lowest BCUT2D eigenvalue weighted by molar-refractivity contribution is 0.0506. The van der Waals surface area contributed by atoms with Crippen molar-refractivity contribution >= 4 is 11.7 Å². The Labute approximate surface area is 107 Å². The Morgan fingerprint density at radius 3 is 2.94 bits per heavy atom. The van der Waals surface area contributed by atoms with Gasteiger partial charge in [0.1, 0.15) is 0 Å². The van der Waals surface area contributed by atoms with Gasteiger partial charge in [0.2, 0.25) is 0 Å². The molecule has 1 heterocycles. The Morgan fingerprint density at radius 2 is 2.28 bits per heavy atom. The molecule has 4 heteroatoms. The van der Waals surface area contributed by atoms with Crippen molar-refractivity contribution in [3.8, 4) is 0 Å². The van der Waals surface area contributed by atoms with Gasteiger partial charge in [0, 0.05) is 18.2 Å². The van der Waals surface area contributed by atoms with E-state index in [0.717, 1.165) is 17.7 Å². The molecule has 1 aromatic carbocycles. The summed E-state index contributed by atoms with van der Waals surface area (Å²) in [5.41, 5.74) is 2.46. The van der Waals surface area contributed by atoms with Crippen molar-refractivity contribution in [2.24, 2.45) is 0 Å². The van der Waals surface area contributed by atoms with E-state index in [4.69, 9.17) is 9.47 Å². The zero-order valence-electron chi connectivity index (χ0n) is 11.0. The van der Waals surface area contributed by atoms with E-state index in [2.05, 4.69) is 12.2 Å². The number of hydrogen-bond acceptors (Lipinski definition) is 4. The molecule has 0 radical (unpaired) electrons. The van der Waals surface area contributed by atoms with Crippen molar-refractivity contribution in [2.75, 3.05) is 19.0 Å². The van der Waals surface area contributed by atoms with Crippen molar-refractivity contribution in [2.45, 2.75) is 32.4 Å². The van der Waals surface area contributed by atoms with E-state index < -0.39 is 0 Å². The van der Waals surface area contributed by atoms with Gasteiger partial charge in [-0.15, -0.1) is 0 Å². The van der Waals surface area contributed by atoms with Gasteiger partial charge in [-0.3, -0.25) is 0 Å². The highest BCUT2D eigenvalue weighted by atomic mass is 16.5. The normalized spacial score (nSPS) is 21.9. The second-order valence-electron chi connectivity index (χ2n) is 4.49. The smallest absolute Gasteiger partial charge is 0.339 e. The van der Waals surface area contributed by atoms with Crippen LogP contribution >= 0.6 is 0 Å². The number of anilines is 1. The standard InChI is InChI=1S/C14H19NO3/c1-4-18-12-8-9(2)15-13-10(12)6-5-7-11(13)14(16)17-3/h5-7,9,12,15H,4,8H2,1-3H3/t9-,12+/m1/s1. The molecule has 4 nitrogen and oxygen atoms in total. The van der Waals surface area contributed by atoms with Crippen LogP contribution in [-0.4, -0.2) is 25.7 Å². The number of hydrogen-bond donors (Lipinski definition) is 1. The van der Waals surface area contributed by atoms with Gasteiger partial charge in [-0.25, -0.2) is 4.79 Å². The van der Waals surface area contributed by atoms with Crippen LogP contribution in [0.2, 0.25) is 0 Å². The fraction of sp³-hybridized carbons (Fsp3) is 0.500. The lowest BCUT2D eigenvalue weighted by atomic mass is 9.93. The second kappa shape index (κ2) is 5.40. The van der Waals surface area contributed by atoms with Gasteiger partial charge in [0.05, 0.1) is 24.5 Å². The third kappa shape index (κ3) is 2.34. The largest absolute Gasteiger partial charge is 0.465 e. The molecule has 1 N–H and O–H groups in total. The molecule has 1 aromatic rings. The average Bonchev–Trinajstić information content (AvgIpc) is 2.37. The number of rotatable bonds is 3. The highest BCUT2D eigenvalue weighted by Gasteiger charge is 2.28. The van der Waals surface area contributed by atoms with Gasteiger partial charge in [-0.05, 0) is 26.3 Å². The zero-order valence-corrected chi connectivity index (χ0v) is 11.0. The SMILES string of the molecule is CCO[C@H]1C[C@@H](C)Nc2c(C(=O)OC)cccc21. The van der Waals surface area contributed by atoms with Crippen LogP contribution in [0.5, 0.6) is 0 Å². The van der Waals surface area contributed by atoms with E-state index >= 15 is 0 Å². The van der Waals surface area contributed by atoms with E-state index in [1.165, 1.54) is 7.11 Å². The molecule has 0 spiro atoms. The molecule has 18 heavy (non-hydrogen) atoms. The second-order valence-corrected chi connectivity index (χ2v) is 4.49. The highest BCUT2D eigenvalue weighted by Crippen LogP contribution is 2.37. The van der Waals surface area contributed by atoms with Gasteiger partial charge in [0.15, 0.2) is 0 Å². The predicted octanol–water partition coefficient (Wildman–Crippen LogP) is 2.75. The Balaban J connectivity index is 2.44. The minimum absolute atomic E-state index is 0.0471. The summed E-state index contributed by atoms with van der Waals surface area (Å²) < 4.78 is 10.6. The summed E-state index contributed by atoms with van der Waals surface area (Å²) in [7, 11) is 1.40. The fourth-order valence-electron chi connectivity index (χ4n) is 2.39. The summed E-state index contributed by atoms with van der Waals surface area (Å²) in [4.78, 5) is 11.8. The number of para-hydroxylation sites is 1. The molecule has 2 atom stereocenters. The number of ether oxygens (including phenoxy) is 2. The molecule has 0 bridgehead atoms. The number of carbonyl (C=O) groups is 1. The van der Waals surface area contributed by atoms with E-state index in [0.29, 0.717) is 12.2 Å². The van der Waals surface area contributed by atoms with Crippen LogP contribution < -0.4 is 5.32 Å². The molecular weight excluding hydrogens is 230 g/mol. The average molecular weight is 249 g/mol. The molecule has 98 valence electrons. The molecule has 1 aliphatic rings. The monoisotopic (exact) mass is 249 g/mol. The Morgan fingerprint density at radius 1 is 1.50 bits per heavy atom. The minimum Gasteiger partial charge on any atom is -0.465 e. The maximum absolute atomic E-state index is 11.8. The Hall–Kier alpha value is -1.55. The Bertz CT molecular complexity index is 445. The number of methoxy groups -OCH3 is 1. The van der Waals surface area contributed by atoms with Gasteiger partial charge >= 0.3 is 5.97 Å². The van der Waals surface area contributed by atoms with Crippen molar-refractivity contribution in [1.82, 2.24) is 0 Å². The molecular formula is C14H19NO3. The predicted molar refractivity (Wildman–Crippen MR) is 69.9 cm³/mol. The fourth-order valence-corrected chi connectivity index (χ4v) is 2.39. The number of nitrogens with one attached hydrogen (secondary N) is 1. The van der Waals surface area contributed by atoms with Crippen LogP contribution in [0.1, 0.15) is 42.3 Å². The van der Waals surface area contributed by atoms with Gasteiger partial charge in [0.25, 0.3) is 0 Å². The molecule has 0 saturated heterocycles. The van der Waals surface area contributed by atoms with E-state index in [-0.39, 0.29) is 18.1 Å². The van der Waals surface area contributed by atoms with E-state index in [1.54, 1.807) is 6.07 Å². The lowest BCUT2D eigenvalue weighted by Gasteiger charge is -2.32. The van der Waals surface area contributed by atoms with Gasteiger partial charge in [-0.2, -0.15) is 0 Å². The summed E-state index contributed by atoms with van der Waals surface area (Å²) in [6.07, 6.45) is 0.955. The first kappa shape index (κ1) is 12.9. The van der Waals surface area contributed by atoms with Crippen LogP contribution in [0, 0.1) is 0 Å². The number of benzene rings is 1. The van der Waals surface area contributed by atoms with E-state index in [1.807, 2.05) is 19.1 Å². The summed E-state index contributed by atoms with van der Waals surface area (Å²) in [5, 5.41) is 3.35. The van der Waals surface area contributed by atoms with Crippen molar-refractivity contribution in [3.05, 3.63) is 29.3 Å². The Kier molecular flexibility index (Phi) is 3.87. The van der Waals surface area contributed by atoms with Crippen LogP contribution in [0.3, 0.4) is 0 Å². The number of esters is 1. The molecule has 0 amide bonds. The molecule has 1 aliphatic heterocycles. The minimum atomic E-state index is -0.316. The molecule has 0 aromatic heterocycles. The van der Waals surface area contributed by atoms with Crippen molar-refractivity contribution in [1.29, 1.82) is 0 Å².